The number of halogens is 3. The summed E-state index contributed by atoms with van der Waals surface area (Å²) < 4.78 is 44.1. The van der Waals surface area contributed by atoms with E-state index in [2.05, 4.69) is 5.32 Å². The van der Waals surface area contributed by atoms with E-state index in [1.807, 2.05) is 4.90 Å². The van der Waals surface area contributed by atoms with Crippen LogP contribution < -0.4 is 10.2 Å². The van der Waals surface area contributed by atoms with E-state index in [1.54, 1.807) is 11.0 Å². The molecule has 3 rings (SSSR count). The molecule has 1 N–H and O–H groups in total. The fourth-order valence-corrected chi connectivity index (χ4v) is 3.17. The minimum atomic E-state index is -4.35. The van der Waals surface area contributed by atoms with Crippen LogP contribution in [0.2, 0.25) is 0 Å². The largest absolute Gasteiger partial charge is 0.416 e. The van der Waals surface area contributed by atoms with Gasteiger partial charge < -0.3 is 19.9 Å². The molecule has 1 atom stereocenters. The minimum absolute atomic E-state index is 0.0393. The minimum Gasteiger partial charge on any atom is -0.375 e. The monoisotopic (exact) mass is 357 g/mol. The van der Waals surface area contributed by atoms with Crippen LogP contribution in [0.5, 0.6) is 0 Å². The number of nitrogens with one attached hydrogen (secondary N) is 1. The van der Waals surface area contributed by atoms with Crippen molar-refractivity contribution in [1.29, 1.82) is 0 Å². The van der Waals surface area contributed by atoms with Gasteiger partial charge in [-0.25, -0.2) is 0 Å². The number of anilines is 1. The van der Waals surface area contributed by atoms with E-state index in [0.29, 0.717) is 51.4 Å². The van der Waals surface area contributed by atoms with E-state index >= 15 is 0 Å². The van der Waals surface area contributed by atoms with E-state index in [4.69, 9.17) is 4.74 Å². The van der Waals surface area contributed by atoms with Crippen LogP contribution in [0.3, 0.4) is 0 Å². The van der Waals surface area contributed by atoms with Crippen molar-refractivity contribution >= 4 is 11.6 Å². The number of alkyl halides is 3. The van der Waals surface area contributed by atoms with Crippen LogP contribution in [0.4, 0.5) is 18.9 Å². The second-order valence-corrected chi connectivity index (χ2v) is 6.32. The standard InChI is InChI=1S/C17H22F3N3O2/c18-17(19,20)13-2-1-3-14(10-13)22-5-7-23(8-6-22)16(24)11-15-12-21-4-9-25-15/h1-3,10,15,21H,4-9,11-12H2. The van der Waals surface area contributed by atoms with Gasteiger partial charge in [0.05, 0.1) is 24.7 Å². The topological polar surface area (TPSA) is 44.8 Å². The molecule has 0 spiro atoms. The predicted molar refractivity (Wildman–Crippen MR) is 87.5 cm³/mol. The summed E-state index contributed by atoms with van der Waals surface area (Å²) in [5.41, 5.74) is -0.104. The molecule has 0 bridgehead atoms. The molecule has 2 saturated heterocycles. The third-order valence-corrected chi connectivity index (χ3v) is 4.58. The lowest BCUT2D eigenvalue weighted by atomic mass is 10.1. The van der Waals surface area contributed by atoms with Crippen LogP contribution in [0.25, 0.3) is 0 Å². The first-order chi connectivity index (χ1) is 11.9. The molecule has 25 heavy (non-hydrogen) atoms. The highest BCUT2D eigenvalue weighted by molar-refractivity contribution is 5.77. The van der Waals surface area contributed by atoms with Gasteiger partial charge in [-0.15, -0.1) is 0 Å². The van der Waals surface area contributed by atoms with Crippen LogP contribution >= 0.6 is 0 Å². The van der Waals surface area contributed by atoms with Crippen molar-refractivity contribution < 1.29 is 22.7 Å². The normalized spacial score (nSPS) is 22.1. The van der Waals surface area contributed by atoms with Crippen molar-refractivity contribution in [1.82, 2.24) is 10.2 Å². The smallest absolute Gasteiger partial charge is 0.375 e. The summed E-state index contributed by atoms with van der Waals surface area (Å²) in [5.74, 6) is 0.0393. The second-order valence-electron chi connectivity index (χ2n) is 6.32. The summed E-state index contributed by atoms with van der Waals surface area (Å²) in [6.07, 6.45) is -4.10. The molecule has 2 heterocycles. The number of benzene rings is 1. The molecule has 1 aromatic rings. The third kappa shape index (κ3) is 4.64. The maximum Gasteiger partial charge on any atom is 0.416 e. The first-order valence-electron chi connectivity index (χ1n) is 8.46. The Morgan fingerprint density at radius 3 is 2.64 bits per heavy atom. The average Bonchev–Trinajstić information content (AvgIpc) is 2.62. The Labute approximate surface area is 144 Å². The molecular weight excluding hydrogens is 335 g/mol. The molecular formula is C17H22F3N3O2. The Hall–Kier alpha value is -1.80. The number of ether oxygens (including phenoxy) is 1. The Morgan fingerprint density at radius 2 is 2.00 bits per heavy atom. The Kier molecular flexibility index (Phi) is 5.48. The van der Waals surface area contributed by atoms with Gasteiger partial charge in [-0.1, -0.05) is 6.07 Å². The predicted octanol–water partition coefficient (Wildman–Crippen LogP) is 1.73. The molecule has 5 nitrogen and oxygen atoms in total. The number of hydrogen-bond acceptors (Lipinski definition) is 4. The van der Waals surface area contributed by atoms with Gasteiger partial charge >= 0.3 is 6.18 Å². The molecule has 2 aliphatic rings. The van der Waals surface area contributed by atoms with Crippen LogP contribution in [0, 0.1) is 0 Å². The van der Waals surface area contributed by atoms with Crippen molar-refractivity contribution in [2.75, 3.05) is 50.8 Å². The molecule has 0 saturated carbocycles. The van der Waals surface area contributed by atoms with Crippen LogP contribution in [0.15, 0.2) is 24.3 Å². The highest BCUT2D eigenvalue weighted by atomic mass is 19.4. The first-order valence-corrected chi connectivity index (χ1v) is 8.46. The quantitative estimate of drug-likeness (QED) is 0.895. The zero-order valence-corrected chi connectivity index (χ0v) is 13.9. The highest BCUT2D eigenvalue weighted by Gasteiger charge is 2.31. The van der Waals surface area contributed by atoms with Crippen molar-refractivity contribution in [3.05, 3.63) is 29.8 Å². The molecule has 0 aliphatic carbocycles. The fraction of sp³-hybridized carbons (Fsp3) is 0.588. The second kappa shape index (κ2) is 7.61. The van der Waals surface area contributed by atoms with E-state index in [1.165, 1.54) is 12.1 Å². The lowest BCUT2D eigenvalue weighted by molar-refractivity contribution is -0.137. The summed E-state index contributed by atoms with van der Waals surface area (Å²) in [4.78, 5) is 16.0. The highest BCUT2D eigenvalue weighted by Crippen LogP contribution is 2.31. The molecule has 2 aliphatic heterocycles. The number of amides is 1. The van der Waals surface area contributed by atoms with Gasteiger partial charge in [-0.2, -0.15) is 13.2 Å². The van der Waals surface area contributed by atoms with Gasteiger partial charge in [0.2, 0.25) is 5.91 Å². The molecule has 8 heteroatoms. The van der Waals surface area contributed by atoms with Crippen LogP contribution in [-0.4, -0.2) is 62.8 Å². The first kappa shape index (κ1) is 18.0. The molecule has 1 amide bonds. The maximum atomic E-state index is 12.8. The molecule has 1 aromatic carbocycles. The molecule has 138 valence electrons. The number of carbonyl (C=O) groups is 1. The Morgan fingerprint density at radius 1 is 1.24 bits per heavy atom. The van der Waals surface area contributed by atoms with Crippen LogP contribution in [-0.2, 0) is 15.7 Å². The van der Waals surface area contributed by atoms with Crippen molar-refractivity contribution in [3.63, 3.8) is 0 Å². The van der Waals surface area contributed by atoms with E-state index in [-0.39, 0.29) is 12.0 Å². The maximum absolute atomic E-state index is 12.8. The average molecular weight is 357 g/mol. The molecule has 0 radical (unpaired) electrons. The SMILES string of the molecule is O=C(CC1CNCCO1)N1CCN(c2cccc(C(F)(F)F)c2)CC1. The number of hydrogen-bond donors (Lipinski definition) is 1. The fourth-order valence-electron chi connectivity index (χ4n) is 3.17. The number of piperazine rings is 1. The van der Waals surface area contributed by atoms with E-state index < -0.39 is 11.7 Å². The van der Waals surface area contributed by atoms with Crippen molar-refractivity contribution in [2.45, 2.75) is 18.7 Å². The van der Waals surface area contributed by atoms with Gasteiger partial charge in [-0.05, 0) is 18.2 Å². The van der Waals surface area contributed by atoms with Gasteiger partial charge in [0.25, 0.3) is 0 Å². The Balaban J connectivity index is 1.54. The van der Waals surface area contributed by atoms with E-state index in [9.17, 15) is 18.0 Å². The molecule has 0 aromatic heterocycles. The summed E-state index contributed by atoms with van der Waals surface area (Å²) in [5, 5.41) is 3.19. The van der Waals surface area contributed by atoms with Gasteiger partial charge in [-0.3, -0.25) is 4.79 Å². The van der Waals surface area contributed by atoms with E-state index in [0.717, 1.165) is 12.6 Å². The number of morpholine rings is 1. The van der Waals surface area contributed by atoms with Gasteiger partial charge in [0.15, 0.2) is 0 Å². The van der Waals surface area contributed by atoms with Crippen LogP contribution in [0.1, 0.15) is 12.0 Å². The van der Waals surface area contributed by atoms with Gasteiger partial charge in [0.1, 0.15) is 0 Å². The summed E-state index contributed by atoms with van der Waals surface area (Å²) in [7, 11) is 0. The number of nitrogens with zero attached hydrogens (tertiary/aromatic N) is 2. The zero-order chi connectivity index (χ0) is 17.9. The number of rotatable bonds is 3. The summed E-state index contributed by atoms with van der Waals surface area (Å²) in [6.45, 7) is 4.16. The Bertz CT molecular complexity index is 595. The lowest BCUT2D eigenvalue weighted by Gasteiger charge is -2.37. The number of carbonyl (C=O) groups excluding carboxylic acids is 1. The summed E-state index contributed by atoms with van der Waals surface area (Å²) >= 11 is 0. The summed E-state index contributed by atoms with van der Waals surface area (Å²) in [6, 6.07) is 5.33. The van der Waals surface area contributed by atoms with Crippen molar-refractivity contribution in [3.8, 4) is 0 Å². The third-order valence-electron chi connectivity index (χ3n) is 4.58. The molecule has 2 fully saturated rings. The molecule has 1 unspecified atom stereocenters. The van der Waals surface area contributed by atoms with Crippen molar-refractivity contribution in [2.24, 2.45) is 0 Å². The lowest BCUT2D eigenvalue weighted by Crippen LogP contribution is -2.50. The van der Waals surface area contributed by atoms with Gasteiger partial charge in [0, 0.05) is 45.0 Å². The zero-order valence-electron chi connectivity index (χ0n) is 13.9.